The van der Waals surface area contributed by atoms with Crippen LogP contribution in [0.5, 0.6) is 0 Å². The molecule has 168 valence electrons. The van der Waals surface area contributed by atoms with E-state index in [9.17, 15) is 9.59 Å². The van der Waals surface area contributed by atoms with Crippen molar-refractivity contribution in [3.8, 4) is 0 Å². The van der Waals surface area contributed by atoms with Gasteiger partial charge in [0.25, 0.3) is 0 Å². The number of hydrogen-bond acceptors (Lipinski definition) is 6. The topological polar surface area (TPSA) is 80.8 Å². The van der Waals surface area contributed by atoms with Crippen molar-refractivity contribution in [1.29, 1.82) is 0 Å². The summed E-state index contributed by atoms with van der Waals surface area (Å²) in [4.78, 5) is 30.9. The predicted molar refractivity (Wildman–Crippen MR) is 120 cm³/mol. The lowest BCUT2D eigenvalue weighted by Crippen LogP contribution is -2.43. The van der Waals surface area contributed by atoms with E-state index in [1.165, 1.54) is 0 Å². The van der Waals surface area contributed by atoms with Crippen LogP contribution in [0, 0.1) is 5.92 Å². The molecular weight excluding hydrogens is 394 g/mol. The van der Waals surface area contributed by atoms with Crippen molar-refractivity contribution < 1.29 is 19.1 Å². The molecule has 7 nitrogen and oxygen atoms in total. The van der Waals surface area contributed by atoms with Gasteiger partial charge in [-0.05, 0) is 57.0 Å². The highest BCUT2D eigenvalue weighted by molar-refractivity contribution is 5.83. The number of rotatable bonds is 8. The van der Waals surface area contributed by atoms with Crippen LogP contribution >= 0.6 is 0 Å². The molecule has 1 N–H and O–H groups in total. The molecule has 1 atom stereocenters. The van der Waals surface area contributed by atoms with Gasteiger partial charge in [-0.3, -0.25) is 15.0 Å². The van der Waals surface area contributed by atoms with Crippen molar-refractivity contribution in [3.05, 3.63) is 59.8 Å². The summed E-state index contributed by atoms with van der Waals surface area (Å²) in [6, 6.07) is 12.8. The average Bonchev–Trinajstić information content (AvgIpc) is 2.65. The number of benzene rings is 1. The fraction of sp³-hybridized carbons (Fsp3) is 0.458. The normalized spacial score (nSPS) is 12.5. The number of amides is 1. The number of aromatic nitrogens is 1. The lowest BCUT2D eigenvalue weighted by molar-refractivity contribution is -0.153. The maximum Gasteiger partial charge on any atom is 0.413 e. The smallest absolute Gasteiger partial charge is 0.413 e. The zero-order valence-electron chi connectivity index (χ0n) is 19.2. The maximum absolute atomic E-state index is 12.8. The maximum atomic E-state index is 12.8. The van der Waals surface area contributed by atoms with E-state index >= 15 is 0 Å². The van der Waals surface area contributed by atoms with E-state index < -0.39 is 17.7 Å². The molecule has 0 saturated carbocycles. The molecule has 0 aliphatic rings. The Labute approximate surface area is 184 Å². The Morgan fingerprint density at radius 1 is 1.10 bits per heavy atom. The molecule has 0 unspecified atom stereocenters. The fourth-order valence-corrected chi connectivity index (χ4v) is 3.21. The highest BCUT2D eigenvalue weighted by atomic mass is 16.6. The van der Waals surface area contributed by atoms with Crippen molar-refractivity contribution in [2.75, 3.05) is 12.4 Å². The molecule has 7 heteroatoms. The minimum absolute atomic E-state index is 0.0643. The number of ether oxygens (including phenoxy) is 2. The zero-order chi connectivity index (χ0) is 23.0. The van der Waals surface area contributed by atoms with Crippen LogP contribution < -0.4 is 5.32 Å². The molecule has 1 aromatic heterocycles. The number of pyridine rings is 1. The number of carbonyl (C=O) groups is 2. The second kappa shape index (κ2) is 10.9. The Morgan fingerprint density at radius 3 is 2.39 bits per heavy atom. The first-order valence-electron chi connectivity index (χ1n) is 10.4. The van der Waals surface area contributed by atoms with Crippen LogP contribution in [0.3, 0.4) is 0 Å². The van der Waals surface area contributed by atoms with E-state index in [-0.39, 0.29) is 18.5 Å². The van der Waals surface area contributed by atoms with Crippen molar-refractivity contribution in [2.45, 2.75) is 59.4 Å². The first-order chi connectivity index (χ1) is 14.5. The van der Waals surface area contributed by atoms with E-state index in [0.717, 1.165) is 11.1 Å². The molecule has 0 aliphatic carbocycles. The van der Waals surface area contributed by atoms with E-state index in [2.05, 4.69) is 10.3 Å². The number of esters is 1. The van der Waals surface area contributed by atoms with Crippen molar-refractivity contribution in [2.24, 2.45) is 5.92 Å². The first kappa shape index (κ1) is 24.3. The van der Waals surface area contributed by atoms with Gasteiger partial charge in [-0.1, -0.05) is 44.2 Å². The standard InChI is InChI=1S/C24H33N3O4/c1-17(2)21(22(28)30-16-18-10-8-7-9-11-18)27(6)15-19-12-13-25-20(14-19)26-23(29)31-24(3,4)5/h7-14,17,21H,15-16H2,1-6H3,(H,25,26,29)/t21-/m0/s1. The molecule has 1 heterocycles. The number of carbonyl (C=O) groups excluding carboxylic acids is 2. The molecule has 0 bridgehead atoms. The van der Waals surface area contributed by atoms with Gasteiger partial charge in [0.05, 0.1) is 0 Å². The lowest BCUT2D eigenvalue weighted by atomic mass is 10.0. The minimum atomic E-state index is -0.591. The van der Waals surface area contributed by atoms with E-state index in [1.807, 2.05) is 62.2 Å². The third-order valence-electron chi connectivity index (χ3n) is 4.46. The van der Waals surface area contributed by atoms with Gasteiger partial charge in [-0.25, -0.2) is 9.78 Å². The third kappa shape index (κ3) is 8.38. The lowest BCUT2D eigenvalue weighted by Gasteiger charge is -2.29. The Balaban J connectivity index is 2.01. The van der Waals surface area contributed by atoms with Gasteiger partial charge in [-0.2, -0.15) is 0 Å². The van der Waals surface area contributed by atoms with Crippen LogP contribution in [0.15, 0.2) is 48.7 Å². The van der Waals surface area contributed by atoms with Crippen LogP contribution in [-0.4, -0.2) is 40.6 Å². The number of nitrogens with zero attached hydrogens (tertiary/aromatic N) is 2. The van der Waals surface area contributed by atoms with Crippen molar-refractivity contribution >= 4 is 17.9 Å². The number of anilines is 1. The molecule has 1 aromatic carbocycles. The molecule has 2 aromatic rings. The summed E-state index contributed by atoms with van der Waals surface area (Å²) >= 11 is 0. The molecule has 1 amide bonds. The summed E-state index contributed by atoms with van der Waals surface area (Å²) in [5.41, 5.74) is 1.27. The third-order valence-corrected chi connectivity index (χ3v) is 4.46. The van der Waals surface area contributed by atoms with Crippen molar-refractivity contribution in [3.63, 3.8) is 0 Å². The fourth-order valence-electron chi connectivity index (χ4n) is 3.21. The number of hydrogen-bond donors (Lipinski definition) is 1. The molecule has 2 rings (SSSR count). The van der Waals surface area contributed by atoms with Crippen molar-refractivity contribution in [1.82, 2.24) is 9.88 Å². The summed E-state index contributed by atoms with van der Waals surface area (Å²) in [6.45, 7) is 10.1. The van der Waals surface area contributed by atoms with Gasteiger partial charge in [0.15, 0.2) is 0 Å². The van der Waals surface area contributed by atoms with E-state index in [4.69, 9.17) is 9.47 Å². The van der Waals surface area contributed by atoms with E-state index in [1.54, 1.807) is 33.0 Å². The summed E-state index contributed by atoms with van der Waals surface area (Å²) in [7, 11) is 1.88. The summed E-state index contributed by atoms with van der Waals surface area (Å²) in [6.07, 6.45) is 1.06. The van der Waals surface area contributed by atoms with Gasteiger partial charge < -0.3 is 9.47 Å². The summed E-state index contributed by atoms with van der Waals surface area (Å²) in [5.74, 6) is 0.199. The number of nitrogens with one attached hydrogen (secondary N) is 1. The van der Waals surface area contributed by atoms with Gasteiger partial charge in [0.2, 0.25) is 0 Å². The van der Waals surface area contributed by atoms with Gasteiger partial charge in [0, 0.05) is 12.7 Å². The Kier molecular flexibility index (Phi) is 8.56. The van der Waals surface area contributed by atoms with Crippen LogP contribution in [0.1, 0.15) is 45.7 Å². The molecule has 0 spiro atoms. The molecule has 0 fully saturated rings. The van der Waals surface area contributed by atoms with Gasteiger partial charge in [-0.15, -0.1) is 0 Å². The van der Waals surface area contributed by atoms with Gasteiger partial charge >= 0.3 is 12.1 Å². The SMILES string of the molecule is CC(C)[C@@H](C(=O)OCc1ccccc1)N(C)Cc1ccnc(NC(=O)OC(C)(C)C)c1. The zero-order valence-corrected chi connectivity index (χ0v) is 19.2. The van der Waals surface area contributed by atoms with Crippen LogP contribution in [0.4, 0.5) is 10.6 Å². The highest BCUT2D eigenvalue weighted by Gasteiger charge is 2.28. The molecular formula is C24H33N3O4. The van der Waals surface area contributed by atoms with Crippen LogP contribution in [0.2, 0.25) is 0 Å². The van der Waals surface area contributed by atoms with Gasteiger partial charge in [0.1, 0.15) is 24.1 Å². The molecule has 0 saturated heterocycles. The second-order valence-electron chi connectivity index (χ2n) is 8.87. The first-order valence-corrected chi connectivity index (χ1v) is 10.4. The minimum Gasteiger partial charge on any atom is -0.460 e. The highest BCUT2D eigenvalue weighted by Crippen LogP contribution is 2.17. The monoisotopic (exact) mass is 427 g/mol. The van der Waals surface area contributed by atoms with Crippen LogP contribution in [-0.2, 0) is 27.4 Å². The quantitative estimate of drug-likeness (QED) is 0.619. The Hall–Kier alpha value is -2.93. The molecule has 0 radical (unpaired) electrons. The Morgan fingerprint density at radius 2 is 1.77 bits per heavy atom. The molecule has 31 heavy (non-hydrogen) atoms. The Bertz CT molecular complexity index is 863. The van der Waals surface area contributed by atoms with Crippen LogP contribution in [0.25, 0.3) is 0 Å². The van der Waals surface area contributed by atoms with E-state index in [0.29, 0.717) is 12.4 Å². The average molecular weight is 428 g/mol. The predicted octanol–water partition coefficient (Wildman–Crippen LogP) is 4.63. The summed E-state index contributed by atoms with van der Waals surface area (Å²) < 4.78 is 10.8. The summed E-state index contributed by atoms with van der Waals surface area (Å²) in [5, 5.41) is 2.64. The largest absolute Gasteiger partial charge is 0.460 e. The second-order valence-corrected chi connectivity index (χ2v) is 8.87. The number of likely N-dealkylation sites (N-methyl/N-ethyl adjacent to an activating group) is 1. The molecule has 0 aliphatic heterocycles.